The third kappa shape index (κ3) is 3.10. The van der Waals surface area contributed by atoms with Crippen LogP contribution in [0.15, 0.2) is 18.2 Å². The fraction of sp³-hybridized carbons (Fsp3) is 0.625. The van der Waals surface area contributed by atoms with Gasteiger partial charge in [-0.25, -0.2) is 0 Å². The van der Waals surface area contributed by atoms with E-state index in [1.807, 2.05) is 6.07 Å². The molecule has 0 radical (unpaired) electrons. The number of rotatable bonds is 6. The molecule has 1 N–H and O–H groups in total. The minimum absolute atomic E-state index is 0.0934. The van der Waals surface area contributed by atoms with Crippen molar-refractivity contribution in [3.8, 4) is 5.75 Å². The van der Waals surface area contributed by atoms with Crippen molar-refractivity contribution in [2.24, 2.45) is 0 Å². The molecular formula is C16H25NO2. The third-order valence-electron chi connectivity index (χ3n) is 4.05. The first-order valence-electron chi connectivity index (χ1n) is 7.09. The smallest absolute Gasteiger partial charge is 0.122 e. The molecule has 2 rings (SSSR count). The molecule has 0 aliphatic heterocycles. The van der Waals surface area contributed by atoms with E-state index in [0.717, 1.165) is 5.75 Å². The van der Waals surface area contributed by atoms with Gasteiger partial charge in [0.1, 0.15) is 5.75 Å². The van der Waals surface area contributed by atoms with Gasteiger partial charge in [0.05, 0.1) is 19.8 Å². The van der Waals surface area contributed by atoms with Crippen molar-refractivity contribution in [3.63, 3.8) is 0 Å². The summed E-state index contributed by atoms with van der Waals surface area (Å²) in [5, 5.41) is 9.71. The van der Waals surface area contributed by atoms with Gasteiger partial charge in [0.15, 0.2) is 0 Å². The first kappa shape index (κ1) is 14.4. The standard InChI is InChI=1S/C16H25NO2/c1-11(2)14-9-12(5-8-16(14)19-4)15(10-18)17(3)13-6-7-13/h5,8-9,11,13,15,18H,6-7,10H2,1-4H3. The second-order valence-electron chi connectivity index (χ2n) is 5.75. The van der Waals surface area contributed by atoms with Gasteiger partial charge in [0.2, 0.25) is 0 Å². The molecule has 106 valence electrons. The first-order chi connectivity index (χ1) is 9.08. The molecule has 1 unspecified atom stereocenters. The van der Waals surface area contributed by atoms with E-state index in [-0.39, 0.29) is 12.6 Å². The predicted octanol–water partition coefficient (Wildman–Crippen LogP) is 2.95. The van der Waals surface area contributed by atoms with E-state index in [0.29, 0.717) is 12.0 Å². The number of aliphatic hydroxyl groups excluding tert-OH is 1. The maximum atomic E-state index is 9.71. The van der Waals surface area contributed by atoms with Gasteiger partial charge in [-0.3, -0.25) is 4.90 Å². The summed E-state index contributed by atoms with van der Waals surface area (Å²) >= 11 is 0. The molecule has 0 saturated heterocycles. The van der Waals surface area contributed by atoms with E-state index in [4.69, 9.17) is 4.74 Å². The van der Waals surface area contributed by atoms with Crippen molar-refractivity contribution in [3.05, 3.63) is 29.3 Å². The summed E-state index contributed by atoms with van der Waals surface area (Å²) in [5.41, 5.74) is 2.39. The highest BCUT2D eigenvalue weighted by atomic mass is 16.5. The summed E-state index contributed by atoms with van der Waals surface area (Å²) in [6.07, 6.45) is 2.50. The van der Waals surface area contributed by atoms with E-state index in [1.54, 1.807) is 7.11 Å². The highest BCUT2D eigenvalue weighted by Gasteiger charge is 2.31. The monoisotopic (exact) mass is 263 g/mol. The molecule has 3 heteroatoms. The number of hydrogen-bond acceptors (Lipinski definition) is 3. The van der Waals surface area contributed by atoms with Crippen molar-refractivity contribution >= 4 is 0 Å². The molecule has 0 spiro atoms. The van der Waals surface area contributed by atoms with Crippen LogP contribution in [0.1, 0.15) is 49.8 Å². The van der Waals surface area contributed by atoms with E-state index in [2.05, 4.69) is 37.9 Å². The zero-order valence-electron chi connectivity index (χ0n) is 12.4. The normalized spacial score (nSPS) is 17.0. The lowest BCUT2D eigenvalue weighted by Crippen LogP contribution is -2.29. The van der Waals surface area contributed by atoms with Crippen LogP contribution >= 0.6 is 0 Å². The van der Waals surface area contributed by atoms with Crippen LogP contribution in [0.4, 0.5) is 0 Å². The van der Waals surface area contributed by atoms with Crippen LogP contribution in [0, 0.1) is 0 Å². The third-order valence-corrected chi connectivity index (χ3v) is 4.05. The van der Waals surface area contributed by atoms with Crippen LogP contribution < -0.4 is 4.74 Å². The second-order valence-corrected chi connectivity index (χ2v) is 5.75. The molecule has 0 heterocycles. The fourth-order valence-corrected chi connectivity index (χ4v) is 2.62. The molecule has 1 saturated carbocycles. The summed E-state index contributed by atoms with van der Waals surface area (Å²) in [6, 6.07) is 7.01. The van der Waals surface area contributed by atoms with Crippen molar-refractivity contribution in [2.45, 2.75) is 44.7 Å². The fourth-order valence-electron chi connectivity index (χ4n) is 2.62. The minimum Gasteiger partial charge on any atom is -0.496 e. The van der Waals surface area contributed by atoms with Crippen LogP contribution in [0.2, 0.25) is 0 Å². The van der Waals surface area contributed by atoms with E-state index < -0.39 is 0 Å². The van der Waals surface area contributed by atoms with Gasteiger partial charge in [-0.2, -0.15) is 0 Å². The predicted molar refractivity (Wildman–Crippen MR) is 77.7 cm³/mol. The Morgan fingerprint density at radius 3 is 2.53 bits per heavy atom. The summed E-state index contributed by atoms with van der Waals surface area (Å²) in [7, 11) is 3.82. The number of ether oxygens (including phenoxy) is 1. The first-order valence-corrected chi connectivity index (χ1v) is 7.09. The van der Waals surface area contributed by atoms with Crippen LogP contribution in [-0.4, -0.2) is 36.8 Å². The zero-order valence-corrected chi connectivity index (χ0v) is 12.4. The molecule has 1 atom stereocenters. The molecule has 1 aromatic rings. The van der Waals surface area contributed by atoms with Crippen molar-refractivity contribution in [1.29, 1.82) is 0 Å². The topological polar surface area (TPSA) is 32.7 Å². The van der Waals surface area contributed by atoms with Crippen molar-refractivity contribution < 1.29 is 9.84 Å². The highest BCUT2D eigenvalue weighted by Crippen LogP contribution is 2.35. The Labute approximate surface area is 116 Å². The summed E-state index contributed by atoms with van der Waals surface area (Å²) in [5.74, 6) is 1.35. The Balaban J connectivity index is 2.29. The van der Waals surface area contributed by atoms with Crippen LogP contribution in [0.5, 0.6) is 5.75 Å². The average molecular weight is 263 g/mol. The van der Waals surface area contributed by atoms with E-state index in [1.165, 1.54) is 24.0 Å². The van der Waals surface area contributed by atoms with Gasteiger partial charge < -0.3 is 9.84 Å². The number of benzene rings is 1. The Morgan fingerprint density at radius 2 is 2.05 bits per heavy atom. The van der Waals surface area contributed by atoms with Gasteiger partial charge in [0.25, 0.3) is 0 Å². The Morgan fingerprint density at radius 1 is 1.37 bits per heavy atom. The largest absolute Gasteiger partial charge is 0.496 e. The summed E-state index contributed by atoms with van der Waals surface area (Å²) in [6.45, 7) is 4.50. The Bertz CT molecular complexity index is 427. The van der Waals surface area contributed by atoms with Gasteiger partial charge in [-0.1, -0.05) is 26.0 Å². The minimum atomic E-state index is 0.0934. The zero-order chi connectivity index (χ0) is 14.0. The molecule has 0 amide bonds. The molecule has 1 aliphatic carbocycles. The van der Waals surface area contributed by atoms with Crippen LogP contribution in [-0.2, 0) is 0 Å². The maximum Gasteiger partial charge on any atom is 0.122 e. The number of methoxy groups -OCH3 is 1. The molecule has 1 aromatic carbocycles. The van der Waals surface area contributed by atoms with Gasteiger partial charge >= 0.3 is 0 Å². The lowest BCUT2D eigenvalue weighted by molar-refractivity contribution is 0.141. The molecule has 1 fully saturated rings. The van der Waals surface area contributed by atoms with Gasteiger partial charge in [-0.05, 0) is 43.0 Å². The maximum absolute atomic E-state index is 9.71. The molecule has 19 heavy (non-hydrogen) atoms. The van der Waals surface area contributed by atoms with Crippen molar-refractivity contribution in [2.75, 3.05) is 20.8 Å². The summed E-state index contributed by atoms with van der Waals surface area (Å²) < 4.78 is 5.42. The van der Waals surface area contributed by atoms with Gasteiger partial charge in [-0.15, -0.1) is 0 Å². The Kier molecular flexibility index (Phi) is 4.48. The SMILES string of the molecule is COc1ccc(C(CO)N(C)C2CC2)cc1C(C)C. The lowest BCUT2D eigenvalue weighted by atomic mass is 9.96. The van der Waals surface area contributed by atoms with E-state index >= 15 is 0 Å². The van der Waals surface area contributed by atoms with Gasteiger partial charge in [0, 0.05) is 6.04 Å². The number of hydrogen-bond donors (Lipinski definition) is 1. The van der Waals surface area contributed by atoms with E-state index in [9.17, 15) is 5.11 Å². The number of aliphatic hydroxyl groups is 1. The number of likely N-dealkylation sites (N-methyl/N-ethyl adjacent to an activating group) is 1. The molecular weight excluding hydrogens is 238 g/mol. The Hall–Kier alpha value is -1.06. The second kappa shape index (κ2) is 5.93. The molecule has 1 aliphatic rings. The van der Waals surface area contributed by atoms with Crippen molar-refractivity contribution in [1.82, 2.24) is 4.90 Å². The summed E-state index contributed by atoms with van der Waals surface area (Å²) in [4.78, 5) is 2.30. The average Bonchev–Trinajstić information content (AvgIpc) is 3.23. The molecule has 3 nitrogen and oxygen atoms in total. The molecule has 0 aromatic heterocycles. The van der Waals surface area contributed by atoms with Crippen LogP contribution in [0.3, 0.4) is 0 Å². The number of nitrogens with zero attached hydrogens (tertiary/aromatic N) is 1. The lowest BCUT2D eigenvalue weighted by Gasteiger charge is -2.27. The highest BCUT2D eigenvalue weighted by molar-refractivity contribution is 5.40. The quantitative estimate of drug-likeness (QED) is 0.856. The molecule has 0 bridgehead atoms. The van der Waals surface area contributed by atoms with Crippen LogP contribution in [0.25, 0.3) is 0 Å².